The number of hydrogen-bond donors (Lipinski definition) is 0. The molecule has 0 radical (unpaired) electrons. The van der Waals surface area contributed by atoms with Gasteiger partial charge >= 0.3 is 6.18 Å². The van der Waals surface area contributed by atoms with Crippen LogP contribution in [0.3, 0.4) is 0 Å². The van der Waals surface area contributed by atoms with Gasteiger partial charge in [0, 0.05) is 0 Å². The first-order valence-corrected chi connectivity index (χ1v) is 4.70. The quantitative estimate of drug-likeness (QED) is 0.750. The molecule has 0 N–H and O–H groups in total. The van der Waals surface area contributed by atoms with E-state index < -0.39 is 23.6 Å². The lowest BCUT2D eigenvalue weighted by atomic mass is 10.0. The Bertz CT molecular complexity index is 446. The van der Waals surface area contributed by atoms with Crippen molar-refractivity contribution in [2.75, 3.05) is 14.1 Å². The van der Waals surface area contributed by atoms with E-state index in [1.54, 1.807) is 14.1 Å². The van der Waals surface area contributed by atoms with Gasteiger partial charge in [-0.2, -0.15) is 18.4 Å². The fourth-order valence-electron chi connectivity index (χ4n) is 1.42. The Balaban J connectivity index is 3.27. The first-order valence-electron chi connectivity index (χ1n) is 4.70. The predicted molar refractivity (Wildman–Crippen MR) is 53.4 cm³/mol. The molecule has 0 spiro atoms. The maximum atomic E-state index is 13.0. The maximum Gasteiger partial charge on any atom is 0.419 e. The van der Waals surface area contributed by atoms with Crippen LogP contribution in [0.4, 0.5) is 17.6 Å². The molecule has 0 heterocycles. The van der Waals surface area contributed by atoms with Gasteiger partial charge in [0.15, 0.2) is 0 Å². The van der Waals surface area contributed by atoms with Crippen LogP contribution in [0.25, 0.3) is 0 Å². The molecule has 0 amide bonds. The number of nitriles is 1. The van der Waals surface area contributed by atoms with Gasteiger partial charge in [0.2, 0.25) is 0 Å². The molecule has 0 bridgehead atoms. The van der Waals surface area contributed by atoms with Gasteiger partial charge in [-0.3, -0.25) is 4.90 Å². The number of hydrogen-bond acceptors (Lipinski definition) is 2. The van der Waals surface area contributed by atoms with Crippen LogP contribution >= 0.6 is 0 Å². The molecule has 6 heteroatoms. The van der Waals surface area contributed by atoms with Gasteiger partial charge in [-0.1, -0.05) is 6.07 Å². The highest BCUT2D eigenvalue weighted by molar-refractivity contribution is 5.32. The Hall–Kier alpha value is -1.61. The van der Waals surface area contributed by atoms with Gasteiger partial charge in [-0.15, -0.1) is 0 Å². The van der Waals surface area contributed by atoms with Gasteiger partial charge in [-0.25, -0.2) is 4.39 Å². The van der Waals surface area contributed by atoms with E-state index in [0.29, 0.717) is 6.07 Å². The van der Waals surface area contributed by atoms with Crippen molar-refractivity contribution in [1.29, 1.82) is 5.26 Å². The van der Waals surface area contributed by atoms with E-state index >= 15 is 0 Å². The molecule has 0 aliphatic carbocycles. The largest absolute Gasteiger partial charge is 0.419 e. The molecule has 1 aromatic rings. The van der Waals surface area contributed by atoms with Crippen molar-refractivity contribution in [2.24, 2.45) is 0 Å². The molecule has 0 aliphatic heterocycles. The minimum atomic E-state index is -4.76. The lowest BCUT2D eigenvalue weighted by Crippen LogP contribution is -2.19. The lowest BCUT2D eigenvalue weighted by molar-refractivity contribution is -0.140. The summed E-state index contributed by atoms with van der Waals surface area (Å²) in [5, 5.41) is 8.85. The van der Waals surface area contributed by atoms with Crippen molar-refractivity contribution in [2.45, 2.75) is 12.2 Å². The zero-order valence-corrected chi connectivity index (χ0v) is 9.22. The van der Waals surface area contributed by atoms with Crippen molar-refractivity contribution < 1.29 is 17.6 Å². The van der Waals surface area contributed by atoms with E-state index in [9.17, 15) is 17.6 Å². The molecule has 1 unspecified atom stereocenters. The molecule has 0 aromatic heterocycles. The van der Waals surface area contributed by atoms with Crippen molar-refractivity contribution in [3.8, 4) is 6.07 Å². The molecule has 0 saturated heterocycles. The highest BCUT2D eigenvalue weighted by atomic mass is 19.4. The average Bonchev–Trinajstić information content (AvgIpc) is 2.19. The van der Waals surface area contributed by atoms with Gasteiger partial charge in [-0.05, 0) is 31.8 Å². The first kappa shape index (κ1) is 13.5. The Morgan fingerprint density at radius 3 is 2.29 bits per heavy atom. The molecule has 17 heavy (non-hydrogen) atoms. The molecular weight excluding hydrogens is 236 g/mol. The van der Waals surface area contributed by atoms with E-state index in [0.717, 1.165) is 6.07 Å². The third kappa shape index (κ3) is 2.94. The average molecular weight is 246 g/mol. The number of benzene rings is 1. The second kappa shape index (κ2) is 4.72. The van der Waals surface area contributed by atoms with E-state index in [1.165, 1.54) is 11.0 Å². The zero-order valence-electron chi connectivity index (χ0n) is 9.22. The molecule has 1 rings (SSSR count). The second-order valence-electron chi connectivity index (χ2n) is 3.73. The third-order valence-corrected chi connectivity index (χ3v) is 2.25. The molecule has 2 nitrogen and oxygen atoms in total. The third-order valence-electron chi connectivity index (χ3n) is 2.25. The molecule has 0 saturated carbocycles. The van der Waals surface area contributed by atoms with Crippen LogP contribution in [0.5, 0.6) is 0 Å². The summed E-state index contributed by atoms with van der Waals surface area (Å²) < 4.78 is 50.4. The van der Waals surface area contributed by atoms with Crippen LogP contribution in [0.15, 0.2) is 18.2 Å². The van der Waals surface area contributed by atoms with E-state index in [1.807, 2.05) is 6.07 Å². The number of nitrogens with zero attached hydrogens (tertiary/aromatic N) is 2. The van der Waals surface area contributed by atoms with Gasteiger partial charge < -0.3 is 0 Å². The smallest absolute Gasteiger partial charge is 0.291 e. The van der Waals surface area contributed by atoms with E-state index in [2.05, 4.69) is 0 Å². The van der Waals surface area contributed by atoms with Crippen LogP contribution in [-0.4, -0.2) is 19.0 Å². The first-order chi connectivity index (χ1) is 7.77. The Kier molecular flexibility index (Phi) is 3.73. The number of halogens is 4. The molecule has 0 aliphatic rings. The summed E-state index contributed by atoms with van der Waals surface area (Å²) in [5.74, 6) is -1.34. The second-order valence-corrected chi connectivity index (χ2v) is 3.73. The zero-order chi connectivity index (χ0) is 13.2. The summed E-state index contributed by atoms with van der Waals surface area (Å²) in [6, 6.07) is 3.59. The maximum absolute atomic E-state index is 13.0. The predicted octanol–water partition coefficient (Wildman–Crippen LogP) is 2.97. The highest BCUT2D eigenvalue weighted by Crippen LogP contribution is 2.33. The highest BCUT2D eigenvalue weighted by Gasteiger charge is 2.34. The summed E-state index contributed by atoms with van der Waals surface area (Å²) in [6.07, 6.45) is -4.76. The Morgan fingerprint density at radius 2 is 1.88 bits per heavy atom. The summed E-state index contributed by atoms with van der Waals surface area (Å²) in [7, 11) is 3.12. The van der Waals surface area contributed by atoms with Crippen molar-refractivity contribution >= 4 is 0 Å². The topological polar surface area (TPSA) is 27.0 Å². The SMILES string of the molecule is CN(C)C(C#N)c1ccc(F)c(C(F)(F)F)c1. The van der Waals surface area contributed by atoms with Crippen molar-refractivity contribution in [1.82, 2.24) is 4.90 Å². The van der Waals surface area contributed by atoms with Gasteiger partial charge in [0.1, 0.15) is 11.9 Å². The molecule has 1 atom stereocenters. The monoisotopic (exact) mass is 246 g/mol. The summed E-state index contributed by atoms with van der Waals surface area (Å²) in [6.45, 7) is 0. The molecular formula is C11H10F4N2. The number of rotatable bonds is 2. The Labute approximate surface area is 96.1 Å². The lowest BCUT2D eigenvalue weighted by Gasteiger charge is -2.18. The van der Waals surface area contributed by atoms with E-state index in [-0.39, 0.29) is 5.56 Å². The normalized spacial score (nSPS) is 13.5. The fourth-order valence-corrected chi connectivity index (χ4v) is 1.42. The summed E-state index contributed by atoms with van der Waals surface area (Å²) in [5.41, 5.74) is -1.23. The minimum Gasteiger partial charge on any atom is -0.291 e. The minimum absolute atomic E-state index is 0.117. The van der Waals surface area contributed by atoms with Crippen LogP contribution < -0.4 is 0 Å². The molecule has 92 valence electrons. The molecule has 0 fully saturated rings. The number of alkyl halides is 3. The van der Waals surface area contributed by atoms with Crippen molar-refractivity contribution in [3.05, 3.63) is 35.1 Å². The standard InChI is InChI=1S/C11H10F4N2/c1-17(2)10(6-16)7-3-4-9(12)8(5-7)11(13,14)15/h3-5,10H,1-2H3. The Morgan fingerprint density at radius 1 is 1.29 bits per heavy atom. The van der Waals surface area contributed by atoms with Crippen LogP contribution in [0.2, 0.25) is 0 Å². The fraction of sp³-hybridized carbons (Fsp3) is 0.364. The summed E-state index contributed by atoms with van der Waals surface area (Å²) >= 11 is 0. The van der Waals surface area contributed by atoms with E-state index in [4.69, 9.17) is 5.26 Å². The van der Waals surface area contributed by atoms with Crippen LogP contribution in [-0.2, 0) is 6.18 Å². The summed E-state index contributed by atoms with van der Waals surface area (Å²) in [4.78, 5) is 1.45. The van der Waals surface area contributed by atoms with Crippen LogP contribution in [0.1, 0.15) is 17.2 Å². The molecule has 1 aromatic carbocycles. The van der Waals surface area contributed by atoms with Gasteiger partial charge in [0.05, 0.1) is 11.6 Å². The van der Waals surface area contributed by atoms with Crippen LogP contribution in [0, 0.1) is 17.1 Å². The van der Waals surface area contributed by atoms with Gasteiger partial charge in [0.25, 0.3) is 0 Å². The van der Waals surface area contributed by atoms with Crippen molar-refractivity contribution in [3.63, 3.8) is 0 Å².